The van der Waals surface area contributed by atoms with Crippen LogP contribution in [0.4, 0.5) is 0 Å². The molecule has 13 heavy (non-hydrogen) atoms. The van der Waals surface area contributed by atoms with Gasteiger partial charge in [-0.1, -0.05) is 20.8 Å². The van der Waals surface area contributed by atoms with E-state index in [0.29, 0.717) is 6.04 Å². The van der Waals surface area contributed by atoms with Crippen molar-refractivity contribution in [1.29, 1.82) is 0 Å². The zero-order valence-electron chi connectivity index (χ0n) is 8.63. The highest BCUT2D eigenvalue weighted by atomic mass is 16.4. The van der Waals surface area contributed by atoms with Gasteiger partial charge in [0.05, 0.1) is 5.41 Å². The number of hydrogen-bond acceptors (Lipinski definition) is 2. The second-order valence-electron chi connectivity index (χ2n) is 4.24. The molecule has 0 aliphatic heterocycles. The molecule has 3 heteroatoms. The quantitative estimate of drug-likeness (QED) is 0.684. The first-order valence-corrected chi connectivity index (χ1v) is 5.02. The molecule has 1 rings (SSSR count). The molecule has 0 aromatic heterocycles. The summed E-state index contributed by atoms with van der Waals surface area (Å²) in [6.07, 6.45) is 2.56. The summed E-state index contributed by atoms with van der Waals surface area (Å²) in [5.41, 5.74) is -0.445. The van der Waals surface area contributed by atoms with Crippen molar-refractivity contribution in [2.75, 3.05) is 0 Å². The molecule has 2 N–H and O–H groups in total. The van der Waals surface area contributed by atoms with Crippen LogP contribution in [0.3, 0.4) is 0 Å². The van der Waals surface area contributed by atoms with Crippen molar-refractivity contribution in [1.82, 2.24) is 5.32 Å². The molecule has 0 radical (unpaired) electrons. The normalized spacial score (nSPS) is 21.5. The topological polar surface area (TPSA) is 49.3 Å². The summed E-state index contributed by atoms with van der Waals surface area (Å²) in [7, 11) is 0. The first-order chi connectivity index (χ1) is 6.03. The van der Waals surface area contributed by atoms with Crippen LogP contribution in [-0.4, -0.2) is 23.2 Å². The smallest absolute Gasteiger partial charge is 0.311 e. The van der Waals surface area contributed by atoms with E-state index in [2.05, 4.69) is 19.2 Å². The first kappa shape index (κ1) is 10.5. The predicted molar refractivity (Wildman–Crippen MR) is 51.7 cm³/mol. The van der Waals surface area contributed by atoms with Gasteiger partial charge in [0, 0.05) is 12.1 Å². The van der Waals surface area contributed by atoms with Crippen molar-refractivity contribution in [3.63, 3.8) is 0 Å². The van der Waals surface area contributed by atoms with E-state index in [1.165, 1.54) is 0 Å². The Morgan fingerprint density at radius 3 is 2.31 bits per heavy atom. The van der Waals surface area contributed by atoms with Gasteiger partial charge in [-0.25, -0.2) is 0 Å². The highest BCUT2D eigenvalue weighted by Crippen LogP contribution is 2.50. The molecule has 1 fully saturated rings. The maximum atomic E-state index is 11.0. The molecule has 0 bridgehead atoms. The summed E-state index contributed by atoms with van der Waals surface area (Å²) < 4.78 is 0. The van der Waals surface area contributed by atoms with Crippen LogP contribution in [0.5, 0.6) is 0 Å². The van der Waals surface area contributed by atoms with Gasteiger partial charge < -0.3 is 10.4 Å². The Labute approximate surface area is 79.5 Å². The van der Waals surface area contributed by atoms with E-state index < -0.39 is 11.4 Å². The van der Waals surface area contributed by atoms with Crippen LogP contribution in [0.25, 0.3) is 0 Å². The Balaban J connectivity index is 2.61. The average Bonchev–Trinajstić information content (AvgIpc) is 2.79. The molecule has 0 saturated heterocycles. The molecule has 1 unspecified atom stereocenters. The van der Waals surface area contributed by atoms with Gasteiger partial charge in [-0.3, -0.25) is 4.79 Å². The van der Waals surface area contributed by atoms with E-state index >= 15 is 0 Å². The summed E-state index contributed by atoms with van der Waals surface area (Å²) in [5, 5.41) is 12.4. The molecule has 3 nitrogen and oxygen atoms in total. The fraction of sp³-hybridized carbons (Fsp3) is 0.900. The Bertz CT molecular complexity index is 197. The largest absolute Gasteiger partial charge is 0.481 e. The van der Waals surface area contributed by atoms with Crippen LogP contribution >= 0.6 is 0 Å². The van der Waals surface area contributed by atoms with Crippen molar-refractivity contribution in [2.45, 2.75) is 52.1 Å². The highest BCUT2D eigenvalue weighted by molar-refractivity contribution is 5.78. The minimum Gasteiger partial charge on any atom is -0.481 e. The molecule has 0 heterocycles. The fourth-order valence-corrected chi connectivity index (χ4v) is 1.92. The zero-order chi connectivity index (χ0) is 10.1. The van der Waals surface area contributed by atoms with Gasteiger partial charge in [-0.2, -0.15) is 0 Å². The molecule has 0 spiro atoms. The number of carboxylic acids is 1. The maximum Gasteiger partial charge on any atom is 0.311 e. The van der Waals surface area contributed by atoms with E-state index in [1.807, 2.05) is 6.92 Å². The fourth-order valence-electron chi connectivity index (χ4n) is 1.92. The summed E-state index contributed by atoms with van der Waals surface area (Å²) in [4.78, 5) is 11.0. The first-order valence-electron chi connectivity index (χ1n) is 5.02. The van der Waals surface area contributed by atoms with Gasteiger partial charge in [-0.05, 0) is 19.3 Å². The third-order valence-corrected chi connectivity index (χ3v) is 2.82. The number of carbonyl (C=O) groups is 1. The maximum absolute atomic E-state index is 11.0. The number of nitrogens with one attached hydrogen (secondary N) is 1. The summed E-state index contributed by atoms with van der Waals surface area (Å²) >= 11 is 0. The third kappa shape index (κ3) is 2.02. The average molecular weight is 185 g/mol. The Kier molecular flexibility index (Phi) is 2.96. The molecule has 1 aliphatic rings. The molecule has 76 valence electrons. The van der Waals surface area contributed by atoms with Crippen molar-refractivity contribution < 1.29 is 9.90 Å². The van der Waals surface area contributed by atoms with Gasteiger partial charge in [-0.15, -0.1) is 0 Å². The molecule has 0 aromatic rings. The van der Waals surface area contributed by atoms with E-state index in [1.54, 1.807) is 0 Å². The molecule has 1 saturated carbocycles. The molecular formula is C10H19NO2. The minimum absolute atomic E-state index is 0.144. The molecule has 1 aliphatic carbocycles. The standard InChI is InChI=1S/C10H19NO2/c1-4-8(11-7(2)3)10(5-6-10)9(12)13/h7-8,11H,4-6H2,1-3H3,(H,12,13). The number of carboxylic acid groups (broad SMARTS) is 1. The zero-order valence-corrected chi connectivity index (χ0v) is 8.63. The Morgan fingerprint density at radius 1 is 1.54 bits per heavy atom. The number of rotatable bonds is 5. The van der Waals surface area contributed by atoms with Crippen LogP contribution < -0.4 is 5.32 Å². The van der Waals surface area contributed by atoms with Gasteiger partial charge in [0.1, 0.15) is 0 Å². The molecule has 0 aromatic carbocycles. The lowest BCUT2D eigenvalue weighted by Crippen LogP contribution is -2.44. The van der Waals surface area contributed by atoms with Crippen molar-refractivity contribution in [3.05, 3.63) is 0 Å². The van der Waals surface area contributed by atoms with E-state index in [4.69, 9.17) is 5.11 Å². The van der Waals surface area contributed by atoms with Crippen molar-refractivity contribution in [3.8, 4) is 0 Å². The van der Waals surface area contributed by atoms with Crippen LogP contribution in [0.2, 0.25) is 0 Å². The van der Waals surface area contributed by atoms with E-state index in [0.717, 1.165) is 19.3 Å². The summed E-state index contributed by atoms with van der Waals surface area (Å²) in [6, 6.07) is 0.506. The SMILES string of the molecule is CCC(NC(C)C)C1(C(=O)O)CC1. The van der Waals surface area contributed by atoms with Crippen molar-refractivity contribution in [2.24, 2.45) is 5.41 Å². The van der Waals surface area contributed by atoms with Gasteiger partial charge in [0.2, 0.25) is 0 Å². The van der Waals surface area contributed by atoms with Gasteiger partial charge >= 0.3 is 5.97 Å². The van der Waals surface area contributed by atoms with E-state index in [-0.39, 0.29) is 6.04 Å². The Hall–Kier alpha value is -0.570. The van der Waals surface area contributed by atoms with Gasteiger partial charge in [0.15, 0.2) is 0 Å². The summed E-state index contributed by atoms with van der Waals surface area (Å²) in [5.74, 6) is -0.632. The molecule has 0 amide bonds. The second-order valence-corrected chi connectivity index (χ2v) is 4.24. The Morgan fingerprint density at radius 2 is 2.08 bits per heavy atom. The number of aliphatic carboxylic acids is 1. The van der Waals surface area contributed by atoms with E-state index in [9.17, 15) is 4.79 Å². The second kappa shape index (κ2) is 3.66. The van der Waals surface area contributed by atoms with Crippen LogP contribution in [0.1, 0.15) is 40.0 Å². The predicted octanol–water partition coefficient (Wildman–Crippen LogP) is 1.63. The van der Waals surface area contributed by atoms with Crippen LogP contribution in [0.15, 0.2) is 0 Å². The summed E-state index contributed by atoms with van der Waals surface area (Å²) in [6.45, 7) is 6.16. The van der Waals surface area contributed by atoms with Crippen LogP contribution in [-0.2, 0) is 4.79 Å². The molecular weight excluding hydrogens is 166 g/mol. The lowest BCUT2D eigenvalue weighted by molar-refractivity contribution is -0.144. The third-order valence-electron chi connectivity index (χ3n) is 2.82. The number of hydrogen-bond donors (Lipinski definition) is 2. The van der Waals surface area contributed by atoms with Crippen LogP contribution in [0, 0.1) is 5.41 Å². The lowest BCUT2D eigenvalue weighted by Gasteiger charge is -2.25. The van der Waals surface area contributed by atoms with Gasteiger partial charge in [0.25, 0.3) is 0 Å². The lowest BCUT2D eigenvalue weighted by atomic mass is 9.94. The monoisotopic (exact) mass is 185 g/mol. The highest BCUT2D eigenvalue weighted by Gasteiger charge is 2.55. The van der Waals surface area contributed by atoms with Crippen molar-refractivity contribution >= 4 is 5.97 Å². The minimum atomic E-state index is -0.632. The molecule has 1 atom stereocenters.